The summed E-state index contributed by atoms with van der Waals surface area (Å²) in [6.45, 7) is 2.09. The van der Waals surface area contributed by atoms with E-state index >= 15 is 0 Å². The Morgan fingerprint density at radius 3 is 3.14 bits per heavy atom. The van der Waals surface area contributed by atoms with E-state index < -0.39 is 0 Å². The molecule has 0 aromatic carbocycles. The highest BCUT2D eigenvalue weighted by Crippen LogP contribution is 2.34. The van der Waals surface area contributed by atoms with Crippen molar-refractivity contribution in [2.24, 2.45) is 0 Å². The van der Waals surface area contributed by atoms with Crippen molar-refractivity contribution >= 4 is 15.9 Å². The van der Waals surface area contributed by atoms with E-state index in [2.05, 4.69) is 26.2 Å². The molecular formula is C10H13BrN2O. The van der Waals surface area contributed by atoms with Gasteiger partial charge in [0.05, 0.1) is 7.11 Å². The fourth-order valence-corrected chi connectivity index (χ4v) is 2.52. The maximum Gasteiger partial charge on any atom is 0.126 e. The molecular weight excluding hydrogens is 244 g/mol. The van der Waals surface area contributed by atoms with E-state index in [-0.39, 0.29) is 0 Å². The van der Waals surface area contributed by atoms with Crippen LogP contribution in [0, 0.1) is 0 Å². The standard InChI is InChI=1S/C10H13BrN2O/c1-14-8-3-5-13-10(11)9(8)7-2-4-12-6-7/h3,5,7,12H,2,4,6H2,1H3. The van der Waals surface area contributed by atoms with Gasteiger partial charge in [0, 0.05) is 24.2 Å². The van der Waals surface area contributed by atoms with Crippen molar-refractivity contribution in [3.63, 3.8) is 0 Å². The van der Waals surface area contributed by atoms with Gasteiger partial charge in [0.25, 0.3) is 0 Å². The molecule has 0 bridgehead atoms. The summed E-state index contributed by atoms with van der Waals surface area (Å²) in [7, 11) is 1.70. The Kier molecular flexibility index (Phi) is 3.03. The Morgan fingerprint density at radius 1 is 1.64 bits per heavy atom. The molecule has 0 radical (unpaired) electrons. The second-order valence-electron chi connectivity index (χ2n) is 3.41. The van der Waals surface area contributed by atoms with Crippen molar-refractivity contribution in [2.45, 2.75) is 12.3 Å². The van der Waals surface area contributed by atoms with Gasteiger partial charge in [0.1, 0.15) is 10.4 Å². The van der Waals surface area contributed by atoms with Crippen LogP contribution in [0.5, 0.6) is 5.75 Å². The van der Waals surface area contributed by atoms with Crippen LogP contribution in [0.25, 0.3) is 0 Å². The largest absolute Gasteiger partial charge is 0.496 e. The third-order valence-electron chi connectivity index (χ3n) is 2.59. The van der Waals surface area contributed by atoms with E-state index in [1.54, 1.807) is 13.3 Å². The first-order valence-corrected chi connectivity index (χ1v) is 5.51. The second kappa shape index (κ2) is 4.28. The molecule has 0 spiro atoms. The van der Waals surface area contributed by atoms with Gasteiger partial charge in [-0.15, -0.1) is 0 Å². The average molecular weight is 257 g/mol. The van der Waals surface area contributed by atoms with Crippen LogP contribution in [0.1, 0.15) is 17.9 Å². The SMILES string of the molecule is COc1ccnc(Br)c1C1CCNC1. The summed E-state index contributed by atoms with van der Waals surface area (Å²) in [6.07, 6.45) is 2.91. The topological polar surface area (TPSA) is 34.1 Å². The van der Waals surface area contributed by atoms with E-state index in [0.29, 0.717) is 5.92 Å². The molecule has 1 aliphatic heterocycles. The maximum atomic E-state index is 5.34. The van der Waals surface area contributed by atoms with Gasteiger partial charge in [-0.3, -0.25) is 0 Å². The third-order valence-corrected chi connectivity index (χ3v) is 3.22. The van der Waals surface area contributed by atoms with Gasteiger partial charge in [-0.25, -0.2) is 4.98 Å². The molecule has 1 unspecified atom stereocenters. The van der Waals surface area contributed by atoms with E-state index in [1.807, 2.05) is 6.07 Å². The van der Waals surface area contributed by atoms with Crippen molar-refractivity contribution < 1.29 is 4.74 Å². The van der Waals surface area contributed by atoms with Crippen molar-refractivity contribution in [1.82, 2.24) is 10.3 Å². The Labute approximate surface area is 92.0 Å². The lowest BCUT2D eigenvalue weighted by Gasteiger charge is -2.14. The van der Waals surface area contributed by atoms with Gasteiger partial charge < -0.3 is 10.1 Å². The molecule has 1 aromatic rings. The highest BCUT2D eigenvalue weighted by Gasteiger charge is 2.23. The summed E-state index contributed by atoms with van der Waals surface area (Å²) < 4.78 is 6.25. The monoisotopic (exact) mass is 256 g/mol. The molecule has 0 amide bonds. The number of nitrogens with zero attached hydrogens (tertiary/aromatic N) is 1. The predicted molar refractivity (Wildman–Crippen MR) is 58.7 cm³/mol. The van der Waals surface area contributed by atoms with Gasteiger partial charge >= 0.3 is 0 Å². The quantitative estimate of drug-likeness (QED) is 0.822. The molecule has 1 atom stereocenters. The van der Waals surface area contributed by atoms with Crippen molar-refractivity contribution in [3.8, 4) is 5.75 Å². The Balaban J connectivity index is 2.37. The molecule has 1 N–H and O–H groups in total. The lowest BCUT2D eigenvalue weighted by molar-refractivity contribution is 0.405. The zero-order chi connectivity index (χ0) is 9.97. The van der Waals surface area contributed by atoms with Crippen LogP contribution in [-0.4, -0.2) is 25.2 Å². The Hall–Kier alpha value is -0.610. The summed E-state index contributed by atoms with van der Waals surface area (Å²) in [6, 6.07) is 1.92. The smallest absolute Gasteiger partial charge is 0.126 e. The molecule has 0 aliphatic carbocycles. The molecule has 2 rings (SSSR count). The lowest BCUT2D eigenvalue weighted by Crippen LogP contribution is -2.09. The van der Waals surface area contributed by atoms with E-state index in [0.717, 1.165) is 29.9 Å². The lowest BCUT2D eigenvalue weighted by atomic mass is 9.99. The summed E-state index contributed by atoms with van der Waals surface area (Å²) in [4.78, 5) is 4.24. The number of hydrogen-bond acceptors (Lipinski definition) is 3. The van der Waals surface area contributed by atoms with Crippen LogP contribution in [0.4, 0.5) is 0 Å². The molecule has 1 fully saturated rings. The number of nitrogens with one attached hydrogen (secondary N) is 1. The molecule has 1 aromatic heterocycles. The molecule has 1 aliphatic rings. The summed E-state index contributed by atoms with van der Waals surface area (Å²) in [5, 5.41) is 3.35. The minimum Gasteiger partial charge on any atom is -0.496 e. The molecule has 1 saturated heterocycles. The van der Waals surface area contributed by atoms with Crippen LogP contribution in [0.2, 0.25) is 0 Å². The van der Waals surface area contributed by atoms with Gasteiger partial charge in [0.2, 0.25) is 0 Å². The van der Waals surface area contributed by atoms with Gasteiger partial charge in [0.15, 0.2) is 0 Å². The molecule has 2 heterocycles. The van der Waals surface area contributed by atoms with E-state index in [9.17, 15) is 0 Å². The fraction of sp³-hybridized carbons (Fsp3) is 0.500. The number of rotatable bonds is 2. The Bertz CT molecular complexity index is 324. The van der Waals surface area contributed by atoms with Crippen LogP contribution in [0.15, 0.2) is 16.9 Å². The van der Waals surface area contributed by atoms with Gasteiger partial charge in [-0.05, 0) is 35.0 Å². The second-order valence-corrected chi connectivity index (χ2v) is 4.16. The predicted octanol–water partition coefficient (Wildman–Crippen LogP) is 1.93. The number of halogens is 1. The van der Waals surface area contributed by atoms with Gasteiger partial charge in [-0.1, -0.05) is 0 Å². The normalized spacial score (nSPS) is 21.1. The highest BCUT2D eigenvalue weighted by atomic mass is 79.9. The summed E-state index contributed by atoms with van der Waals surface area (Å²) in [5.41, 5.74) is 1.19. The number of methoxy groups -OCH3 is 1. The van der Waals surface area contributed by atoms with Crippen LogP contribution in [-0.2, 0) is 0 Å². The first-order chi connectivity index (χ1) is 6.83. The minimum absolute atomic E-state index is 0.521. The molecule has 3 nitrogen and oxygen atoms in total. The molecule has 14 heavy (non-hydrogen) atoms. The van der Waals surface area contributed by atoms with Crippen LogP contribution in [0.3, 0.4) is 0 Å². The molecule has 4 heteroatoms. The molecule has 76 valence electrons. The summed E-state index contributed by atoms with van der Waals surface area (Å²) in [5.74, 6) is 1.45. The van der Waals surface area contributed by atoms with Crippen LogP contribution < -0.4 is 10.1 Å². The van der Waals surface area contributed by atoms with Gasteiger partial charge in [-0.2, -0.15) is 0 Å². The van der Waals surface area contributed by atoms with Crippen molar-refractivity contribution in [2.75, 3.05) is 20.2 Å². The van der Waals surface area contributed by atoms with Crippen LogP contribution >= 0.6 is 15.9 Å². The van der Waals surface area contributed by atoms with Crippen molar-refractivity contribution in [1.29, 1.82) is 0 Å². The number of hydrogen-bond donors (Lipinski definition) is 1. The number of aromatic nitrogens is 1. The summed E-state index contributed by atoms with van der Waals surface area (Å²) >= 11 is 3.48. The first kappa shape index (κ1) is 9.93. The minimum atomic E-state index is 0.521. The first-order valence-electron chi connectivity index (χ1n) is 4.72. The Morgan fingerprint density at radius 2 is 2.50 bits per heavy atom. The van der Waals surface area contributed by atoms with E-state index in [4.69, 9.17) is 4.74 Å². The zero-order valence-corrected chi connectivity index (χ0v) is 9.67. The van der Waals surface area contributed by atoms with E-state index in [1.165, 1.54) is 5.56 Å². The number of pyridine rings is 1. The average Bonchev–Trinajstić information content (AvgIpc) is 2.70. The zero-order valence-electron chi connectivity index (χ0n) is 8.09. The third kappa shape index (κ3) is 1.77. The van der Waals surface area contributed by atoms with Crippen molar-refractivity contribution in [3.05, 3.63) is 22.4 Å². The fourth-order valence-electron chi connectivity index (χ4n) is 1.88. The molecule has 0 saturated carbocycles. The maximum absolute atomic E-state index is 5.34. The highest BCUT2D eigenvalue weighted by molar-refractivity contribution is 9.10. The number of ether oxygens (including phenoxy) is 1.